The highest BCUT2D eigenvalue weighted by Gasteiger charge is 2.36. The number of hydrogen-bond donors (Lipinski definition) is 0. The lowest BCUT2D eigenvalue weighted by molar-refractivity contribution is -0.141. The fraction of sp³-hybridized carbons (Fsp3) is 0.167. The van der Waals surface area contributed by atoms with Crippen molar-refractivity contribution in [3.63, 3.8) is 0 Å². The van der Waals surface area contributed by atoms with E-state index < -0.39 is 11.9 Å². The Morgan fingerprint density at radius 2 is 1.72 bits per heavy atom. The van der Waals surface area contributed by atoms with Crippen molar-refractivity contribution in [3.8, 4) is 0 Å². The van der Waals surface area contributed by atoms with Gasteiger partial charge in [0.25, 0.3) is 0 Å². The Hall–Kier alpha value is -1.62. The van der Waals surface area contributed by atoms with Gasteiger partial charge in [0, 0.05) is 12.0 Å². The number of alkyl halides is 3. The minimum Gasteiger partial charge on any atom is -0.231 e. The highest BCUT2D eigenvalue weighted by molar-refractivity contribution is 6.30. The maximum absolute atomic E-state index is 12.8. The minimum atomic E-state index is -4.53. The molecule has 0 saturated heterocycles. The molecule has 18 heavy (non-hydrogen) atoms. The summed E-state index contributed by atoms with van der Waals surface area (Å²) in [6, 6.07) is 8.74. The number of benzene rings is 1. The molecule has 1 aromatic carbocycles. The lowest BCUT2D eigenvalue weighted by Crippen LogP contribution is -2.13. The molecule has 0 N–H and O–H groups in total. The van der Waals surface area contributed by atoms with Gasteiger partial charge < -0.3 is 0 Å². The van der Waals surface area contributed by atoms with Crippen LogP contribution >= 0.6 is 11.6 Å². The lowest BCUT2D eigenvalue weighted by Gasteiger charge is -2.12. The quantitative estimate of drug-likeness (QED) is 0.778. The van der Waals surface area contributed by atoms with Gasteiger partial charge >= 0.3 is 6.18 Å². The van der Waals surface area contributed by atoms with E-state index in [2.05, 4.69) is 9.97 Å². The first-order valence-electron chi connectivity index (χ1n) is 5.09. The molecule has 0 fully saturated rings. The largest absolute Gasteiger partial charge is 0.433 e. The molecule has 1 aromatic heterocycles. The molecule has 0 amide bonds. The third-order valence-electron chi connectivity index (χ3n) is 2.39. The average Bonchev–Trinajstić information content (AvgIpc) is 2.32. The SMILES string of the molecule is FC(F)(F)c1ncnc(Cl)c1Cc1ccccc1. The average molecular weight is 273 g/mol. The van der Waals surface area contributed by atoms with Gasteiger partial charge in [-0.15, -0.1) is 0 Å². The molecule has 1 heterocycles. The molecular weight excluding hydrogens is 265 g/mol. The van der Waals surface area contributed by atoms with E-state index in [9.17, 15) is 13.2 Å². The number of aromatic nitrogens is 2. The van der Waals surface area contributed by atoms with Gasteiger partial charge in [0.2, 0.25) is 0 Å². The second-order valence-electron chi connectivity index (χ2n) is 3.65. The van der Waals surface area contributed by atoms with Gasteiger partial charge in [-0.05, 0) is 5.56 Å². The third kappa shape index (κ3) is 2.79. The molecule has 0 aliphatic rings. The van der Waals surface area contributed by atoms with E-state index in [1.54, 1.807) is 30.3 Å². The maximum Gasteiger partial charge on any atom is 0.433 e. The second-order valence-corrected chi connectivity index (χ2v) is 4.01. The lowest BCUT2D eigenvalue weighted by atomic mass is 10.0. The van der Waals surface area contributed by atoms with E-state index in [-0.39, 0.29) is 17.1 Å². The van der Waals surface area contributed by atoms with Gasteiger partial charge in [0.1, 0.15) is 11.5 Å². The van der Waals surface area contributed by atoms with Crippen LogP contribution in [0.2, 0.25) is 5.15 Å². The summed E-state index contributed by atoms with van der Waals surface area (Å²) < 4.78 is 38.3. The Morgan fingerprint density at radius 1 is 1.06 bits per heavy atom. The Kier molecular flexibility index (Phi) is 3.52. The van der Waals surface area contributed by atoms with E-state index in [1.165, 1.54) is 0 Å². The fourth-order valence-electron chi connectivity index (χ4n) is 1.59. The summed E-state index contributed by atoms with van der Waals surface area (Å²) in [6.07, 6.45) is -3.66. The van der Waals surface area contributed by atoms with Gasteiger partial charge in [0.05, 0.1) is 0 Å². The molecule has 0 radical (unpaired) electrons. The number of halogens is 4. The molecule has 0 unspecified atom stereocenters. The maximum atomic E-state index is 12.8. The molecule has 2 aromatic rings. The van der Waals surface area contributed by atoms with Crippen LogP contribution in [0.4, 0.5) is 13.2 Å². The zero-order valence-corrected chi connectivity index (χ0v) is 9.83. The fourth-order valence-corrected chi connectivity index (χ4v) is 1.79. The van der Waals surface area contributed by atoms with Crippen LogP contribution in [0, 0.1) is 0 Å². The number of nitrogens with zero attached hydrogens (tertiary/aromatic N) is 2. The normalized spacial score (nSPS) is 11.6. The summed E-state index contributed by atoms with van der Waals surface area (Å²) in [4.78, 5) is 6.89. The highest BCUT2D eigenvalue weighted by atomic mass is 35.5. The minimum absolute atomic E-state index is 0.0509. The Bertz CT molecular complexity index is 541. The molecule has 0 atom stereocenters. The van der Waals surface area contributed by atoms with Crippen LogP contribution in [0.3, 0.4) is 0 Å². The van der Waals surface area contributed by atoms with Crippen LogP contribution < -0.4 is 0 Å². The molecular formula is C12H8ClF3N2. The molecule has 94 valence electrons. The van der Waals surface area contributed by atoms with Crippen molar-refractivity contribution in [3.05, 3.63) is 58.6 Å². The van der Waals surface area contributed by atoms with Gasteiger partial charge in [-0.3, -0.25) is 0 Å². The van der Waals surface area contributed by atoms with Crippen LogP contribution in [0.15, 0.2) is 36.7 Å². The summed E-state index contributed by atoms with van der Waals surface area (Å²) in [7, 11) is 0. The van der Waals surface area contributed by atoms with Gasteiger partial charge in [-0.1, -0.05) is 41.9 Å². The zero-order chi connectivity index (χ0) is 13.2. The molecule has 0 spiro atoms. The van der Waals surface area contributed by atoms with Crippen molar-refractivity contribution in [2.45, 2.75) is 12.6 Å². The van der Waals surface area contributed by atoms with Gasteiger partial charge in [-0.2, -0.15) is 13.2 Å². The molecule has 2 nitrogen and oxygen atoms in total. The molecule has 2 rings (SSSR count). The Morgan fingerprint density at radius 3 is 2.33 bits per heavy atom. The monoisotopic (exact) mass is 272 g/mol. The summed E-state index contributed by atoms with van der Waals surface area (Å²) in [6.45, 7) is 0. The van der Waals surface area contributed by atoms with Crippen LogP contribution in [0.5, 0.6) is 0 Å². The Labute approximate surface area is 106 Å². The first kappa shape index (κ1) is 12.8. The van der Waals surface area contributed by atoms with E-state index in [0.29, 0.717) is 0 Å². The van der Waals surface area contributed by atoms with Crippen molar-refractivity contribution >= 4 is 11.6 Å². The molecule has 0 saturated carbocycles. The number of hydrogen-bond acceptors (Lipinski definition) is 2. The summed E-state index contributed by atoms with van der Waals surface area (Å²) in [5, 5.41) is -0.166. The predicted molar refractivity (Wildman–Crippen MR) is 61.3 cm³/mol. The smallest absolute Gasteiger partial charge is 0.231 e. The molecule has 0 bridgehead atoms. The van der Waals surface area contributed by atoms with Crippen LogP contribution in [-0.4, -0.2) is 9.97 Å². The van der Waals surface area contributed by atoms with E-state index in [0.717, 1.165) is 11.9 Å². The summed E-state index contributed by atoms with van der Waals surface area (Å²) in [5.74, 6) is 0. The third-order valence-corrected chi connectivity index (χ3v) is 2.71. The van der Waals surface area contributed by atoms with Gasteiger partial charge in [0.15, 0.2) is 5.69 Å². The van der Waals surface area contributed by atoms with Crippen molar-refractivity contribution in [2.75, 3.05) is 0 Å². The topological polar surface area (TPSA) is 25.8 Å². The van der Waals surface area contributed by atoms with E-state index in [1.807, 2.05) is 0 Å². The molecule has 0 aliphatic heterocycles. The van der Waals surface area contributed by atoms with Gasteiger partial charge in [-0.25, -0.2) is 9.97 Å². The van der Waals surface area contributed by atoms with Crippen molar-refractivity contribution in [2.24, 2.45) is 0 Å². The van der Waals surface area contributed by atoms with Crippen LogP contribution in [-0.2, 0) is 12.6 Å². The molecule has 6 heteroatoms. The van der Waals surface area contributed by atoms with Crippen molar-refractivity contribution < 1.29 is 13.2 Å². The van der Waals surface area contributed by atoms with Crippen LogP contribution in [0.1, 0.15) is 16.8 Å². The van der Waals surface area contributed by atoms with E-state index in [4.69, 9.17) is 11.6 Å². The first-order chi connectivity index (χ1) is 8.48. The van der Waals surface area contributed by atoms with Crippen LogP contribution in [0.25, 0.3) is 0 Å². The Balaban J connectivity index is 2.44. The van der Waals surface area contributed by atoms with E-state index >= 15 is 0 Å². The van der Waals surface area contributed by atoms with Crippen molar-refractivity contribution in [1.82, 2.24) is 9.97 Å². The summed E-state index contributed by atoms with van der Waals surface area (Å²) >= 11 is 5.73. The highest BCUT2D eigenvalue weighted by Crippen LogP contribution is 2.33. The first-order valence-corrected chi connectivity index (χ1v) is 5.47. The second kappa shape index (κ2) is 4.94. The molecule has 0 aliphatic carbocycles. The predicted octanol–water partition coefficient (Wildman–Crippen LogP) is 3.74. The number of rotatable bonds is 2. The zero-order valence-electron chi connectivity index (χ0n) is 9.08. The standard InChI is InChI=1S/C12H8ClF3N2/c13-11-9(6-8-4-2-1-3-5-8)10(12(14,15)16)17-7-18-11/h1-5,7H,6H2. The summed E-state index contributed by atoms with van der Waals surface area (Å²) in [5.41, 5.74) is -0.357. The van der Waals surface area contributed by atoms with Crippen molar-refractivity contribution in [1.29, 1.82) is 0 Å².